The van der Waals surface area contributed by atoms with E-state index in [9.17, 15) is 8.42 Å². The first-order chi connectivity index (χ1) is 6.41. The fourth-order valence-electron chi connectivity index (χ4n) is 0.729. The van der Waals surface area contributed by atoms with E-state index in [1.54, 1.807) is 8.87 Å². The van der Waals surface area contributed by atoms with Gasteiger partial charge in [0.05, 0.1) is 6.26 Å². The van der Waals surface area contributed by atoms with Crippen molar-refractivity contribution in [3.05, 3.63) is 0 Å². The number of hydrogen-bond acceptors (Lipinski definition) is 2. The van der Waals surface area contributed by atoms with Crippen LogP contribution in [-0.4, -0.2) is 40.4 Å². The van der Waals surface area contributed by atoms with Crippen LogP contribution in [0.15, 0.2) is 0 Å². The van der Waals surface area contributed by atoms with Crippen LogP contribution in [0.5, 0.6) is 0 Å². The molecule has 0 saturated heterocycles. The van der Waals surface area contributed by atoms with Gasteiger partial charge in [-0.1, -0.05) is 0 Å². The van der Waals surface area contributed by atoms with Crippen LogP contribution >= 0.6 is 0 Å². The Hall–Kier alpha value is 0.709. The van der Waals surface area contributed by atoms with Crippen LogP contribution in [0.2, 0.25) is 8.87 Å². The van der Waals surface area contributed by atoms with E-state index >= 15 is 0 Å². The first-order valence-electron chi connectivity index (χ1n) is 5.05. The van der Waals surface area contributed by atoms with Crippen molar-refractivity contribution in [2.75, 3.05) is 6.26 Å². The summed E-state index contributed by atoms with van der Waals surface area (Å²) in [6.45, 7) is 4.58. The van der Waals surface area contributed by atoms with Gasteiger partial charge in [-0.25, -0.2) is 0 Å². The van der Waals surface area contributed by atoms with Gasteiger partial charge in [-0.05, 0) is 0 Å². The second-order valence-corrected chi connectivity index (χ2v) is 8.94. The first-order valence-corrected chi connectivity index (χ1v) is 10.9. The van der Waals surface area contributed by atoms with Crippen molar-refractivity contribution in [1.29, 1.82) is 0 Å². The van der Waals surface area contributed by atoms with E-state index in [-0.39, 0.29) is 21.1 Å². The Morgan fingerprint density at radius 1 is 1.07 bits per heavy atom. The molecule has 0 saturated carbocycles. The zero-order chi connectivity index (χ0) is 11.4. The molecule has 0 heterocycles. The Morgan fingerprint density at radius 2 is 1.36 bits per heavy atom. The number of hydrogen-bond donors (Lipinski definition) is 1. The van der Waals surface area contributed by atoms with Gasteiger partial charge in [-0.3, -0.25) is 4.55 Å². The zero-order valence-corrected chi connectivity index (χ0v) is 13.1. The van der Waals surface area contributed by atoms with Gasteiger partial charge in [0.2, 0.25) is 0 Å². The van der Waals surface area contributed by atoms with Crippen LogP contribution in [0.25, 0.3) is 0 Å². The number of unbranched alkanes of at least 4 members (excludes halogenated alkanes) is 2. The molecule has 0 aromatic carbocycles. The van der Waals surface area contributed by atoms with Gasteiger partial charge in [0.15, 0.2) is 0 Å². The molecule has 0 atom stereocenters. The average molecular weight is 329 g/mol. The molecule has 0 amide bonds. The van der Waals surface area contributed by atoms with Crippen LogP contribution in [0.3, 0.4) is 0 Å². The van der Waals surface area contributed by atoms with Crippen LogP contribution in [0.4, 0.5) is 0 Å². The molecule has 0 aromatic heterocycles. The monoisotopic (exact) mass is 330 g/mol. The first kappa shape index (κ1) is 17.1. The second-order valence-electron chi connectivity index (χ2n) is 3.19. The van der Waals surface area contributed by atoms with Crippen LogP contribution in [-0.2, 0) is 10.1 Å². The maximum Gasteiger partial charge on any atom is 0.261 e. The van der Waals surface area contributed by atoms with Crippen molar-refractivity contribution in [1.82, 2.24) is 0 Å². The topological polar surface area (TPSA) is 54.4 Å². The molecular formula is C9H22O3SSn. The largest absolute Gasteiger partial charge is 0.286 e. The second kappa shape index (κ2) is 11.8. The zero-order valence-electron chi connectivity index (χ0n) is 9.41. The fraction of sp³-hybridized carbons (Fsp3) is 1.00. The summed E-state index contributed by atoms with van der Waals surface area (Å²) in [5, 5.41) is 0. The molecule has 86 valence electrons. The summed E-state index contributed by atoms with van der Waals surface area (Å²) >= 11 is 0.149. The summed E-state index contributed by atoms with van der Waals surface area (Å²) in [6, 6.07) is 0. The summed E-state index contributed by atoms with van der Waals surface area (Å²) in [6.07, 6.45) is 6.55. The van der Waals surface area contributed by atoms with E-state index in [0.29, 0.717) is 6.26 Å². The van der Waals surface area contributed by atoms with Crippen molar-refractivity contribution in [3.63, 3.8) is 0 Å². The van der Waals surface area contributed by atoms with E-state index in [4.69, 9.17) is 4.55 Å². The number of rotatable bonds is 6. The molecule has 5 heteroatoms. The van der Waals surface area contributed by atoms with Crippen molar-refractivity contribution in [2.45, 2.75) is 48.4 Å². The predicted octanol–water partition coefficient (Wildman–Crippen LogP) is 2.63. The van der Waals surface area contributed by atoms with Crippen molar-refractivity contribution in [3.8, 4) is 0 Å². The van der Waals surface area contributed by atoms with Crippen molar-refractivity contribution < 1.29 is 13.0 Å². The summed E-state index contributed by atoms with van der Waals surface area (Å²) < 4.78 is 29.1. The standard InChI is InChI=1S/2C4H9.CH4O3S.Sn/c2*1-3-4-2;1-5(2,3)4;/h2*1,3-4H2,2H3;1H3,(H,2,3,4);. The summed E-state index contributed by atoms with van der Waals surface area (Å²) in [4.78, 5) is 0. The Kier molecular flexibility index (Phi) is 14.4. The molecule has 0 fully saturated rings. The molecule has 0 rings (SSSR count). The maximum absolute atomic E-state index is 9.19. The van der Waals surface area contributed by atoms with Gasteiger partial charge >= 0.3 is 69.5 Å². The Labute approximate surface area is 98.6 Å². The SMILES string of the molecule is CCC[CH2][Sn][CH2]CCC.CS(=O)(=O)O. The molecular weight excluding hydrogens is 307 g/mol. The third-order valence-corrected chi connectivity index (χ3v) is 5.45. The normalized spacial score (nSPS) is 10.6. The van der Waals surface area contributed by atoms with Gasteiger partial charge in [0.25, 0.3) is 10.1 Å². The molecule has 0 unspecified atom stereocenters. The van der Waals surface area contributed by atoms with E-state index in [0.717, 1.165) is 0 Å². The minimum absolute atomic E-state index is 0.149. The van der Waals surface area contributed by atoms with Crippen molar-refractivity contribution >= 4 is 31.3 Å². The van der Waals surface area contributed by atoms with Crippen molar-refractivity contribution in [2.24, 2.45) is 0 Å². The molecule has 3 nitrogen and oxygen atoms in total. The average Bonchev–Trinajstić information content (AvgIpc) is 2.01. The minimum atomic E-state index is -3.67. The maximum atomic E-state index is 9.19. The molecule has 0 bridgehead atoms. The molecule has 0 spiro atoms. The van der Waals surface area contributed by atoms with Gasteiger partial charge in [-0.2, -0.15) is 8.42 Å². The molecule has 0 aliphatic rings. The Balaban J connectivity index is 0. The molecule has 2 radical (unpaired) electrons. The van der Waals surface area contributed by atoms with E-state index in [2.05, 4.69) is 13.8 Å². The minimum Gasteiger partial charge on any atom is -0.286 e. The van der Waals surface area contributed by atoms with Crippen LogP contribution in [0, 0.1) is 0 Å². The van der Waals surface area contributed by atoms with E-state index < -0.39 is 10.1 Å². The quantitative estimate of drug-likeness (QED) is 0.463. The molecule has 0 aromatic rings. The molecule has 0 aliphatic heterocycles. The fourth-order valence-corrected chi connectivity index (χ4v) is 4.89. The third-order valence-electron chi connectivity index (χ3n) is 1.41. The van der Waals surface area contributed by atoms with E-state index in [1.807, 2.05) is 0 Å². The van der Waals surface area contributed by atoms with Gasteiger partial charge in [-0.15, -0.1) is 0 Å². The van der Waals surface area contributed by atoms with Gasteiger partial charge in [0, 0.05) is 0 Å². The summed E-state index contributed by atoms with van der Waals surface area (Å²) in [5.74, 6) is 0. The van der Waals surface area contributed by atoms with Gasteiger partial charge < -0.3 is 0 Å². The Bertz CT molecular complexity index is 176. The molecule has 0 aliphatic carbocycles. The molecule has 14 heavy (non-hydrogen) atoms. The summed E-state index contributed by atoms with van der Waals surface area (Å²) in [7, 11) is -3.67. The third kappa shape index (κ3) is 38.7. The van der Waals surface area contributed by atoms with Crippen LogP contribution < -0.4 is 0 Å². The van der Waals surface area contributed by atoms with Crippen LogP contribution in [0.1, 0.15) is 39.5 Å². The van der Waals surface area contributed by atoms with E-state index in [1.165, 1.54) is 25.7 Å². The molecule has 1 N–H and O–H groups in total. The predicted molar refractivity (Wildman–Crippen MR) is 62.7 cm³/mol. The Morgan fingerprint density at radius 3 is 1.57 bits per heavy atom. The smallest absolute Gasteiger partial charge is 0.261 e. The van der Waals surface area contributed by atoms with Gasteiger partial charge in [0.1, 0.15) is 0 Å². The summed E-state index contributed by atoms with van der Waals surface area (Å²) in [5.41, 5.74) is 0.